The molecule has 0 unspecified atom stereocenters. The van der Waals surface area contributed by atoms with Crippen molar-refractivity contribution in [2.75, 3.05) is 0 Å². The van der Waals surface area contributed by atoms with Crippen molar-refractivity contribution >= 4 is 12.1 Å². The molecule has 0 fully saturated rings. The molecule has 0 aliphatic carbocycles. The summed E-state index contributed by atoms with van der Waals surface area (Å²) < 4.78 is 0. The lowest BCUT2D eigenvalue weighted by atomic mass is 10.2. The SMILES string of the molecule is CC(=O)c1nccnc1C=O. The van der Waals surface area contributed by atoms with E-state index in [2.05, 4.69) is 9.97 Å². The van der Waals surface area contributed by atoms with Crippen molar-refractivity contribution < 1.29 is 9.59 Å². The summed E-state index contributed by atoms with van der Waals surface area (Å²) in [6.07, 6.45) is 3.27. The van der Waals surface area contributed by atoms with Crippen molar-refractivity contribution in [3.63, 3.8) is 0 Å². The highest BCUT2D eigenvalue weighted by Gasteiger charge is 2.07. The Bertz CT molecular complexity index is 296. The lowest BCUT2D eigenvalue weighted by molar-refractivity contribution is 0.0999. The van der Waals surface area contributed by atoms with Crippen LogP contribution in [0.4, 0.5) is 0 Å². The molecular formula is C7H6N2O2. The van der Waals surface area contributed by atoms with Crippen molar-refractivity contribution in [2.24, 2.45) is 0 Å². The summed E-state index contributed by atoms with van der Waals surface area (Å²) in [4.78, 5) is 28.4. The van der Waals surface area contributed by atoms with Gasteiger partial charge in [-0.2, -0.15) is 0 Å². The van der Waals surface area contributed by atoms with Crippen LogP contribution in [-0.2, 0) is 0 Å². The summed E-state index contributed by atoms with van der Waals surface area (Å²) in [6.45, 7) is 1.34. The van der Waals surface area contributed by atoms with Crippen LogP contribution in [0.15, 0.2) is 12.4 Å². The molecule has 0 aliphatic heterocycles. The third-order valence-electron chi connectivity index (χ3n) is 1.17. The highest BCUT2D eigenvalue weighted by Crippen LogP contribution is 1.98. The monoisotopic (exact) mass is 150 g/mol. The molecule has 56 valence electrons. The summed E-state index contributed by atoms with van der Waals surface area (Å²) in [7, 11) is 0. The number of Topliss-reactive ketones (excluding diaryl/α,β-unsaturated/α-hetero) is 1. The average Bonchev–Trinajstić information content (AvgIpc) is 2.04. The van der Waals surface area contributed by atoms with Crippen LogP contribution in [0.25, 0.3) is 0 Å². The highest BCUT2D eigenvalue weighted by atomic mass is 16.1. The number of hydrogen-bond donors (Lipinski definition) is 0. The normalized spacial score (nSPS) is 9.18. The second kappa shape index (κ2) is 3.01. The van der Waals surface area contributed by atoms with Gasteiger partial charge in [-0.1, -0.05) is 0 Å². The maximum absolute atomic E-state index is 10.8. The minimum atomic E-state index is -0.250. The van der Waals surface area contributed by atoms with Gasteiger partial charge in [0, 0.05) is 19.3 Å². The molecule has 1 aromatic rings. The van der Waals surface area contributed by atoms with Crippen LogP contribution in [0.3, 0.4) is 0 Å². The second-order valence-corrected chi connectivity index (χ2v) is 1.96. The van der Waals surface area contributed by atoms with Crippen LogP contribution in [0.5, 0.6) is 0 Å². The summed E-state index contributed by atoms with van der Waals surface area (Å²) in [5.41, 5.74) is 0.225. The molecule has 0 radical (unpaired) electrons. The standard InChI is InChI=1S/C7H6N2O2/c1-5(11)7-6(4-10)8-2-3-9-7/h2-4H,1H3. The van der Waals surface area contributed by atoms with Gasteiger partial charge in [0.25, 0.3) is 0 Å². The third kappa shape index (κ3) is 1.46. The number of nitrogens with zero attached hydrogens (tertiary/aromatic N) is 2. The Balaban J connectivity index is 3.22. The van der Waals surface area contributed by atoms with Gasteiger partial charge in [-0.05, 0) is 0 Å². The van der Waals surface area contributed by atoms with E-state index in [0.717, 1.165) is 0 Å². The molecule has 0 bridgehead atoms. The first-order valence-corrected chi connectivity index (χ1v) is 3.03. The van der Waals surface area contributed by atoms with E-state index >= 15 is 0 Å². The first-order chi connectivity index (χ1) is 5.25. The maximum atomic E-state index is 10.8. The van der Waals surface area contributed by atoms with Gasteiger partial charge in [0.2, 0.25) is 0 Å². The van der Waals surface area contributed by atoms with Crippen molar-refractivity contribution in [3.05, 3.63) is 23.8 Å². The Labute approximate surface area is 63.3 Å². The van der Waals surface area contributed by atoms with E-state index in [4.69, 9.17) is 0 Å². The molecular weight excluding hydrogens is 144 g/mol. The Morgan fingerprint density at radius 3 is 2.55 bits per heavy atom. The van der Waals surface area contributed by atoms with Gasteiger partial charge in [0.05, 0.1) is 0 Å². The van der Waals surface area contributed by atoms with Crippen LogP contribution >= 0.6 is 0 Å². The first-order valence-electron chi connectivity index (χ1n) is 3.03. The molecule has 0 amide bonds. The average molecular weight is 150 g/mol. The fraction of sp³-hybridized carbons (Fsp3) is 0.143. The molecule has 1 aromatic heterocycles. The summed E-state index contributed by atoms with van der Waals surface area (Å²) in [5.74, 6) is -0.250. The quantitative estimate of drug-likeness (QED) is 0.454. The largest absolute Gasteiger partial charge is 0.296 e. The molecule has 4 nitrogen and oxygen atoms in total. The van der Waals surface area contributed by atoms with Gasteiger partial charge < -0.3 is 0 Å². The number of carbonyl (C=O) groups is 2. The molecule has 0 aliphatic rings. The van der Waals surface area contributed by atoms with E-state index in [-0.39, 0.29) is 17.2 Å². The first kappa shape index (κ1) is 7.53. The number of aromatic nitrogens is 2. The zero-order chi connectivity index (χ0) is 8.27. The molecule has 0 atom stereocenters. The molecule has 4 heteroatoms. The Morgan fingerprint density at radius 2 is 2.09 bits per heavy atom. The Morgan fingerprint density at radius 1 is 1.45 bits per heavy atom. The minimum Gasteiger partial charge on any atom is -0.296 e. The predicted octanol–water partition coefficient (Wildman–Crippen LogP) is 0.492. The highest BCUT2D eigenvalue weighted by molar-refractivity contribution is 5.98. The molecule has 1 rings (SSSR count). The lowest BCUT2D eigenvalue weighted by Crippen LogP contribution is -2.03. The van der Waals surface area contributed by atoms with Gasteiger partial charge in [0.1, 0.15) is 11.4 Å². The van der Waals surface area contributed by atoms with E-state index in [9.17, 15) is 9.59 Å². The van der Waals surface area contributed by atoms with Gasteiger partial charge in [-0.25, -0.2) is 9.97 Å². The van der Waals surface area contributed by atoms with Crippen LogP contribution in [-0.4, -0.2) is 22.0 Å². The van der Waals surface area contributed by atoms with Crippen LogP contribution in [0.2, 0.25) is 0 Å². The third-order valence-corrected chi connectivity index (χ3v) is 1.17. The van der Waals surface area contributed by atoms with Crippen molar-refractivity contribution in [1.29, 1.82) is 0 Å². The van der Waals surface area contributed by atoms with E-state index in [1.807, 2.05) is 0 Å². The molecule has 0 spiro atoms. The fourth-order valence-corrected chi connectivity index (χ4v) is 0.706. The molecule has 0 aromatic carbocycles. The molecule has 0 N–H and O–H groups in total. The smallest absolute Gasteiger partial charge is 0.180 e. The van der Waals surface area contributed by atoms with Gasteiger partial charge in [-0.3, -0.25) is 9.59 Å². The van der Waals surface area contributed by atoms with E-state index in [0.29, 0.717) is 6.29 Å². The van der Waals surface area contributed by atoms with Crippen molar-refractivity contribution in [3.8, 4) is 0 Å². The topological polar surface area (TPSA) is 59.9 Å². The molecule has 1 heterocycles. The Hall–Kier alpha value is -1.58. The van der Waals surface area contributed by atoms with Crippen LogP contribution < -0.4 is 0 Å². The van der Waals surface area contributed by atoms with E-state index in [1.54, 1.807) is 0 Å². The zero-order valence-electron chi connectivity index (χ0n) is 5.94. The minimum absolute atomic E-state index is 0.0972. The predicted molar refractivity (Wildman–Crippen MR) is 37.4 cm³/mol. The zero-order valence-corrected chi connectivity index (χ0v) is 5.94. The summed E-state index contributed by atoms with van der Waals surface area (Å²) in [5, 5.41) is 0. The summed E-state index contributed by atoms with van der Waals surface area (Å²) >= 11 is 0. The Kier molecular flexibility index (Phi) is 2.06. The number of rotatable bonds is 2. The molecule has 0 saturated carbocycles. The van der Waals surface area contributed by atoms with Gasteiger partial charge in [-0.15, -0.1) is 0 Å². The number of hydrogen-bond acceptors (Lipinski definition) is 4. The molecule has 11 heavy (non-hydrogen) atoms. The van der Waals surface area contributed by atoms with Gasteiger partial charge in [0.15, 0.2) is 12.1 Å². The number of carbonyl (C=O) groups excluding carboxylic acids is 2. The van der Waals surface area contributed by atoms with E-state index in [1.165, 1.54) is 19.3 Å². The van der Waals surface area contributed by atoms with E-state index < -0.39 is 0 Å². The fourth-order valence-electron chi connectivity index (χ4n) is 0.706. The lowest BCUT2D eigenvalue weighted by Gasteiger charge is -1.94. The van der Waals surface area contributed by atoms with Gasteiger partial charge >= 0.3 is 0 Å². The maximum Gasteiger partial charge on any atom is 0.180 e. The van der Waals surface area contributed by atoms with Crippen LogP contribution in [0.1, 0.15) is 27.9 Å². The van der Waals surface area contributed by atoms with Crippen molar-refractivity contribution in [2.45, 2.75) is 6.92 Å². The van der Waals surface area contributed by atoms with Crippen molar-refractivity contribution in [1.82, 2.24) is 9.97 Å². The molecule has 0 saturated heterocycles. The second-order valence-electron chi connectivity index (χ2n) is 1.96. The summed E-state index contributed by atoms with van der Waals surface area (Å²) in [6, 6.07) is 0. The number of aldehydes is 1. The number of ketones is 1. The van der Waals surface area contributed by atoms with Crippen LogP contribution in [0, 0.1) is 0 Å².